The van der Waals surface area contributed by atoms with Gasteiger partial charge in [0.25, 0.3) is 0 Å². The number of ether oxygens (including phenoxy) is 1. The lowest BCUT2D eigenvalue weighted by atomic mass is 10.1. The Bertz CT molecular complexity index is 512. The first kappa shape index (κ1) is 13.5. The predicted octanol–water partition coefficient (Wildman–Crippen LogP) is 0.221. The van der Waals surface area contributed by atoms with Crippen LogP contribution in [0.3, 0.4) is 0 Å². The van der Waals surface area contributed by atoms with E-state index in [2.05, 4.69) is 10.6 Å². The van der Waals surface area contributed by atoms with Crippen LogP contribution < -0.4 is 15.4 Å². The summed E-state index contributed by atoms with van der Waals surface area (Å²) in [5.74, 6) is -0.997. The molecule has 0 bridgehead atoms. The highest BCUT2D eigenvalue weighted by Crippen LogP contribution is 2.25. The van der Waals surface area contributed by atoms with E-state index in [1.165, 1.54) is 11.3 Å². The van der Waals surface area contributed by atoms with Gasteiger partial charge in [-0.25, -0.2) is 0 Å². The molecule has 1 aromatic rings. The number of piperidine rings is 1. The van der Waals surface area contributed by atoms with Gasteiger partial charge in [-0.15, -0.1) is 11.3 Å². The number of thiophene rings is 1. The van der Waals surface area contributed by atoms with Crippen molar-refractivity contribution in [3.8, 4) is 5.06 Å². The molecular weight excluding hydrogens is 268 g/mol. The van der Waals surface area contributed by atoms with Gasteiger partial charge >= 0.3 is 0 Å². The molecule has 0 saturated carbocycles. The lowest BCUT2D eigenvalue weighted by Gasteiger charge is -2.21. The van der Waals surface area contributed by atoms with E-state index < -0.39 is 11.9 Å². The van der Waals surface area contributed by atoms with Crippen LogP contribution in [-0.4, -0.2) is 30.9 Å². The Balaban J connectivity index is 1.91. The second kappa shape index (κ2) is 5.83. The summed E-state index contributed by atoms with van der Waals surface area (Å²) >= 11 is 1.41. The average Bonchev–Trinajstić information content (AvgIpc) is 2.80. The Morgan fingerprint density at radius 2 is 2.37 bits per heavy atom. The van der Waals surface area contributed by atoms with Crippen molar-refractivity contribution in [2.24, 2.45) is 0 Å². The summed E-state index contributed by atoms with van der Waals surface area (Å²) in [5.41, 5.74) is 0.789. The van der Waals surface area contributed by atoms with E-state index in [0.717, 1.165) is 5.56 Å². The molecule has 1 aliphatic rings. The first-order valence-corrected chi connectivity index (χ1v) is 6.71. The maximum Gasteiger partial charge on any atom is 0.249 e. The molecule has 1 unspecified atom stereocenters. The number of carbonyl (C=O) groups excluding carboxylic acids is 3. The number of rotatable bonds is 4. The van der Waals surface area contributed by atoms with E-state index in [1.807, 2.05) is 11.4 Å². The molecule has 7 heteroatoms. The van der Waals surface area contributed by atoms with Crippen molar-refractivity contribution >= 4 is 29.1 Å². The summed E-state index contributed by atoms with van der Waals surface area (Å²) < 4.78 is 5.13. The second-order valence-corrected chi connectivity index (χ2v) is 5.06. The Morgan fingerprint density at radius 1 is 1.58 bits per heavy atom. The maximum atomic E-state index is 11.8. The quantitative estimate of drug-likeness (QED) is 0.774. The molecule has 19 heavy (non-hydrogen) atoms. The van der Waals surface area contributed by atoms with Crippen LogP contribution in [-0.2, 0) is 20.8 Å². The fraction of sp³-hybridized carbons (Fsp3) is 0.417. The summed E-state index contributed by atoms with van der Waals surface area (Å²) in [6, 6.07) is 1.18. The largest absolute Gasteiger partial charge is 0.487 e. The molecule has 1 aromatic heterocycles. The number of nitrogens with one attached hydrogen (secondary N) is 2. The van der Waals surface area contributed by atoms with Crippen molar-refractivity contribution < 1.29 is 19.1 Å². The summed E-state index contributed by atoms with van der Waals surface area (Å²) in [6.07, 6.45) is 0.750. The Morgan fingerprint density at radius 3 is 3.05 bits per heavy atom. The summed E-state index contributed by atoms with van der Waals surface area (Å²) in [4.78, 5) is 34.3. The van der Waals surface area contributed by atoms with Gasteiger partial charge in [0.15, 0.2) is 5.06 Å². The Labute approximate surface area is 114 Å². The highest BCUT2D eigenvalue weighted by atomic mass is 32.1. The predicted molar refractivity (Wildman–Crippen MR) is 68.9 cm³/mol. The van der Waals surface area contributed by atoms with Crippen molar-refractivity contribution in [2.45, 2.75) is 25.3 Å². The molecule has 1 atom stereocenters. The molecule has 1 fully saturated rings. The average molecular weight is 282 g/mol. The Kier molecular flexibility index (Phi) is 4.16. The fourth-order valence-corrected chi connectivity index (χ4v) is 2.63. The molecule has 0 radical (unpaired) electrons. The van der Waals surface area contributed by atoms with Crippen LogP contribution in [0.2, 0.25) is 0 Å². The molecule has 0 aromatic carbocycles. The smallest absolute Gasteiger partial charge is 0.249 e. The van der Waals surface area contributed by atoms with Gasteiger partial charge in [-0.3, -0.25) is 19.7 Å². The zero-order chi connectivity index (χ0) is 13.8. The van der Waals surface area contributed by atoms with Crippen molar-refractivity contribution in [1.82, 2.24) is 10.6 Å². The number of imide groups is 1. The van der Waals surface area contributed by atoms with Crippen LogP contribution >= 0.6 is 11.3 Å². The van der Waals surface area contributed by atoms with Gasteiger partial charge in [-0.1, -0.05) is 0 Å². The lowest BCUT2D eigenvalue weighted by molar-refractivity contribution is -0.137. The van der Waals surface area contributed by atoms with Crippen LogP contribution in [0, 0.1) is 0 Å². The highest BCUT2D eigenvalue weighted by Gasteiger charge is 2.27. The van der Waals surface area contributed by atoms with Gasteiger partial charge < -0.3 is 10.1 Å². The van der Waals surface area contributed by atoms with Crippen LogP contribution in [0.5, 0.6) is 5.06 Å². The first-order chi connectivity index (χ1) is 9.10. The Hall–Kier alpha value is -1.89. The normalized spacial score (nSPS) is 18.9. The molecule has 0 aliphatic carbocycles. The van der Waals surface area contributed by atoms with Crippen LogP contribution in [0.15, 0.2) is 11.4 Å². The molecule has 0 spiro atoms. The highest BCUT2D eigenvalue weighted by molar-refractivity contribution is 7.12. The van der Waals surface area contributed by atoms with Crippen molar-refractivity contribution in [3.05, 3.63) is 17.0 Å². The molecule has 2 N–H and O–H groups in total. The summed E-state index contributed by atoms with van der Waals surface area (Å²) in [6.45, 7) is 0. The third-order valence-corrected chi connectivity index (χ3v) is 3.73. The third kappa shape index (κ3) is 3.31. The van der Waals surface area contributed by atoms with E-state index in [4.69, 9.17) is 4.74 Å². The SMILES string of the molecule is COc1sccc1CC(=O)NC1CCC(=O)NC1=O. The van der Waals surface area contributed by atoms with Gasteiger partial charge in [0.05, 0.1) is 13.5 Å². The van der Waals surface area contributed by atoms with Crippen molar-refractivity contribution in [1.29, 1.82) is 0 Å². The van der Waals surface area contributed by atoms with Crippen molar-refractivity contribution in [3.63, 3.8) is 0 Å². The molecule has 2 heterocycles. The van der Waals surface area contributed by atoms with E-state index in [0.29, 0.717) is 11.5 Å². The van der Waals surface area contributed by atoms with E-state index in [-0.39, 0.29) is 24.7 Å². The minimum absolute atomic E-state index is 0.157. The molecule has 102 valence electrons. The first-order valence-electron chi connectivity index (χ1n) is 5.83. The maximum absolute atomic E-state index is 11.8. The molecule has 1 saturated heterocycles. The van der Waals surface area contributed by atoms with Gasteiger partial charge in [0.1, 0.15) is 6.04 Å². The number of carbonyl (C=O) groups is 3. The third-order valence-electron chi connectivity index (χ3n) is 2.82. The minimum atomic E-state index is -0.630. The topological polar surface area (TPSA) is 84.5 Å². The summed E-state index contributed by atoms with van der Waals surface area (Å²) in [7, 11) is 1.55. The van der Waals surface area contributed by atoms with Gasteiger partial charge in [0.2, 0.25) is 17.7 Å². The number of hydrogen-bond donors (Lipinski definition) is 2. The van der Waals surface area contributed by atoms with Crippen LogP contribution in [0.25, 0.3) is 0 Å². The zero-order valence-corrected chi connectivity index (χ0v) is 11.2. The minimum Gasteiger partial charge on any atom is -0.487 e. The van der Waals surface area contributed by atoms with E-state index in [1.54, 1.807) is 7.11 Å². The molecule has 6 nitrogen and oxygen atoms in total. The van der Waals surface area contributed by atoms with Crippen molar-refractivity contribution in [2.75, 3.05) is 7.11 Å². The lowest BCUT2D eigenvalue weighted by Crippen LogP contribution is -2.52. The second-order valence-electron chi connectivity index (χ2n) is 4.19. The van der Waals surface area contributed by atoms with Gasteiger partial charge in [-0.05, 0) is 17.9 Å². The van der Waals surface area contributed by atoms with Gasteiger partial charge in [-0.2, -0.15) is 0 Å². The number of methoxy groups -OCH3 is 1. The van der Waals surface area contributed by atoms with E-state index in [9.17, 15) is 14.4 Å². The van der Waals surface area contributed by atoms with E-state index >= 15 is 0 Å². The van der Waals surface area contributed by atoms with Gasteiger partial charge in [0, 0.05) is 12.0 Å². The fourth-order valence-electron chi connectivity index (χ4n) is 1.88. The molecule has 2 rings (SSSR count). The van der Waals surface area contributed by atoms with Crippen LogP contribution in [0.4, 0.5) is 0 Å². The molecule has 1 aliphatic heterocycles. The molecular formula is C12H14N2O4S. The summed E-state index contributed by atoms with van der Waals surface area (Å²) in [5, 5.41) is 7.36. The number of hydrogen-bond acceptors (Lipinski definition) is 5. The monoisotopic (exact) mass is 282 g/mol. The molecule has 3 amide bonds. The zero-order valence-electron chi connectivity index (χ0n) is 10.4. The number of amides is 3. The van der Waals surface area contributed by atoms with Crippen LogP contribution in [0.1, 0.15) is 18.4 Å². The standard InChI is InChI=1S/C12H14N2O4S/c1-18-12-7(4-5-19-12)6-10(16)13-8-2-3-9(15)14-11(8)17/h4-5,8H,2-3,6H2,1H3,(H,13,16)(H,14,15,17).